The van der Waals surface area contributed by atoms with Crippen molar-refractivity contribution in [3.63, 3.8) is 0 Å². The van der Waals surface area contributed by atoms with Gasteiger partial charge in [0.05, 0.1) is 6.10 Å². The molecular weight excluding hydrogens is 206 g/mol. The maximum Gasteiger partial charge on any atom is 0.251 e. The second-order valence-electron chi connectivity index (χ2n) is 3.94. The molecule has 0 atom stereocenters. The topological polar surface area (TPSA) is 67.0 Å². The van der Waals surface area contributed by atoms with Gasteiger partial charge < -0.3 is 10.1 Å². The Kier molecular flexibility index (Phi) is 4.98. The molecule has 0 unspecified atom stereocenters. The van der Waals surface area contributed by atoms with Gasteiger partial charge in [-0.25, -0.2) is 0 Å². The normalized spacial score (nSPS) is 10.8. The Hall–Kier alpha value is -1.36. The first-order chi connectivity index (χ1) is 7.61. The first-order valence-corrected chi connectivity index (χ1v) is 5.57. The molecule has 1 heterocycles. The van der Waals surface area contributed by atoms with Gasteiger partial charge in [-0.1, -0.05) is 13.3 Å². The van der Waals surface area contributed by atoms with Gasteiger partial charge in [0, 0.05) is 11.8 Å². The number of amides is 1. The third-order valence-corrected chi connectivity index (χ3v) is 1.97. The molecule has 0 bridgehead atoms. The number of hydrogen-bond acceptors (Lipinski definition) is 3. The van der Waals surface area contributed by atoms with Crippen LogP contribution in [0.15, 0.2) is 6.07 Å². The van der Waals surface area contributed by atoms with E-state index in [1.165, 1.54) is 0 Å². The number of nitrogens with one attached hydrogen (secondary N) is 2. The molecule has 16 heavy (non-hydrogen) atoms. The number of carbonyl (C=O) groups is 1. The third-order valence-electron chi connectivity index (χ3n) is 1.97. The lowest BCUT2D eigenvalue weighted by atomic mass is 10.2. The summed E-state index contributed by atoms with van der Waals surface area (Å²) in [5.41, 5.74) is 1.03. The SMILES string of the molecule is CCCc1cc(NC(=O)COC(C)C)n[nH]1. The van der Waals surface area contributed by atoms with Crippen LogP contribution in [0.2, 0.25) is 0 Å². The average Bonchev–Trinajstić information content (AvgIpc) is 2.63. The van der Waals surface area contributed by atoms with E-state index in [1.54, 1.807) is 0 Å². The van der Waals surface area contributed by atoms with E-state index in [4.69, 9.17) is 4.74 Å². The van der Waals surface area contributed by atoms with Gasteiger partial charge in [0.2, 0.25) is 0 Å². The smallest absolute Gasteiger partial charge is 0.251 e. The van der Waals surface area contributed by atoms with Crippen LogP contribution in [0.5, 0.6) is 0 Å². The van der Waals surface area contributed by atoms with E-state index in [9.17, 15) is 4.79 Å². The van der Waals surface area contributed by atoms with Crippen LogP contribution >= 0.6 is 0 Å². The zero-order valence-electron chi connectivity index (χ0n) is 10.0. The first-order valence-electron chi connectivity index (χ1n) is 5.57. The van der Waals surface area contributed by atoms with Gasteiger partial charge in [0.25, 0.3) is 5.91 Å². The number of nitrogens with zero attached hydrogens (tertiary/aromatic N) is 1. The lowest BCUT2D eigenvalue weighted by Crippen LogP contribution is -2.20. The molecule has 0 saturated carbocycles. The molecule has 1 aromatic rings. The summed E-state index contributed by atoms with van der Waals surface area (Å²) in [5, 5.41) is 9.53. The predicted octanol–water partition coefficient (Wildman–Crippen LogP) is 1.73. The van der Waals surface area contributed by atoms with Crippen molar-refractivity contribution in [3.8, 4) is 0 Å². The fourth-order valence-corrected chi connectivity index (χ4v) is 1.24. The predicted molar refractivity (Wildman–Crippen MR) is 62.3 cm³/mol. The van der Waals surface area contributed by atoms with Crippen LogP contribution < -0.4 is 5.32 Å². The summed E-state index contributed by atoms with van der Waals surface area (Å²) in [6, 6.07) is 1.84. The number of anilines is 1. The number of ether oxygens (including phenoxy) is 1. The monoisotopic (exact) mass is 225 g/mol. The van der Waals surface area contributed by atoms with Crippen molar-refractivity contribution < 1.29 is 9.53 Å². The summed E-state index contributed by atoms with van der Waals surface area (Å²) in [7, 11) is 0. The molecule has 5 nitrogen and oxygen atoms in total. The molecule has 1 rings (SSSR count). The zero-order valence-corrected chi connectivity index (χ0v) is 10.0. The van der Waals surface area contributed by atoms with Crippen LogP contribution in [-0.2, 0) is 16.0 Å². The molecule has 1 amide bonds. The Labute approximate surface area is 95.6 Å². The van der Waals surface area contributed by atoms with Gasteiger partial charge in [-0.15, -0.1) is 0 Å². The van der Waals surface area contributed by atoms with E-state index in [0.29, 0.717) is 5.82 Å². The number of aromatic amines is 1. The lowest BCUT2D eigenvalue weighted by molar-refractivity contribution is -0.121. The van der Waals surface area contributed by atoms with Crippen LogP contribution in [-0.4, -0.2) is 28.8 Å². The molecule has 0 spiro atoms. The average molecular weight is 225 g/mol. The maximum absolute atomic E-state index is 11.4. The largest absolute Gasteiger partial charge is 0.369 e. The molecule has 5 heteroatoms. The molecular formula is C11H19N3O2. The fourth-order valence-electron chi connectivity index (χ4n) is 1.24. The molecule has 90 valence electrons. The maximum atomic E-state index is 11.4. The van der Waals surface area contributed by atoms with Crippen molar-refractivity contribution in [2.75, 3.05) is 11.9 Å². The van der Waals surface area contributed by atoms with Crippen molar-refractivity contribution in [1.29, 1.82) is 0 Å². The van der Waals surface area contributed by atoms with Crippen LogP contribution in [0, 0.1) is 0 Å². The van der Waals surface area contributed by atoms with E-state index >= 15 is 0 Å². The minimum Gasteiger partial charge on any atom is -0.369 e. The highest BCUT2D eigenvalue weighted by molar-refractivity contribution is 5.90. The first kappa shape index (κ1) is 12.7. The van der Waals surface area contributed by atoms with Gasteiger partial charge in [-0.2, -0.15) is 5.10 Å². The van der Waals surface area contributed by atoms with Crippen molar-refractivity contribution >= 4 is 11.7 Å². The Morgan fingerprint density at radius 2 is 2.38 bits per heavy atom. The molecule has 0 aromatic carbocycles. The van der Waals surface area contributed by atoms with E-state index in [2.05, 4.69) is 22.4 Å². The summed E-state index contributed by atoms with van der Waals surface area (Å²) >= 11 is 0. The number of aryl methyl sites for hydroxylation is 1. The van der Waals surface area contributed by atoms with Crippen LogP contribution in [0.3, 0.4) is 0 Å². The van der Waals surface area contributed by atoms with Gasteiger partial charge in [-0.05, 0) is 20.3 Å². The highest BCUT2D eigenvalue weighted by atomic mass is 16.5. The molecule has 0 fully saturated rings. The van der Waals surface area contributed by atoms with Crippen LogP contribution in [0.25, 0.3) is 0 Å². The minimum absolute atomic E-state index is 0.0561. The number of rotatable bonds is 6. The van der Waals surface area contributed by atoms with Crippen molar-refractivity contribution in [1.82, 2.24) is 10.2 Å². The molecule has 0 aliphatic rings. The summed E-state index contributed by atoms with van der Waals surface area (Å²) in [5.74, 6) is 0.379. The van der Waals surface area contributed by atoms with Gasteiger partial charge in [-0.3, -0.25) is 9.89 Å². The summed E-state index contributed by atoms with van der Waals surface area (Å²) in [6.45, 7) is 5.94. The zero-order chi connectivity index (χ0) is 12.0. The third kappa shape index (κ3) is 4.44. The Morgan fingerprint density at radius 1 is 1.62 bits per heavy atom. The van der Waals surface area contributed by atoms with Crippen LogP contribution in [0.1, 0.15) is 32.9 Å². The van der Waals surface area contributed by atoms with Gasteiger partial charge in [0.15, 0.2) is 5.82 Å². The van der Waals surface area contributed by atoms with Crippen molar-refractivity contribution in [2.45, 2.75) is 39.7 Å². The molecule has 1 aromatic heterocycles. The standard InChI is InChI=1S/C11H19N3O2/c1-4-5-9-6-10(14-13-9)12-11(15)7-16-8(2)3/h6,8H,4-5,7H2,1-3H3,(H2,12,13,14,15). The molecule has 0 saturated heterocycles. The summed E-state index contributed by atoms with van der Waals surface area (Å²) in [4.78, 5) is 11.4. The lowest BCUT2D eigenvalue weighted by Gasteiger charge is -2.06. The van der Waals surface area contributed by atoms with Gasteiger partial charge in [0.1, 0.15) is 6.61 Å². The van der Waals surface area contributed by atoms with E-state index in [0.717, 1.165) is 18.5 Å². The van der Waals surface area contributed by atoms with E-state index in [1.807, 2.05) is 19.9 Å². The second kappa shape index (κ2) is 6.27. The second-order valence-corrected chi connectivity index (χ2v) is 3.94. The van der Waals surface area contributed by atoms with Crippen molar-refractivity contribution in [3.05, 3.63) is 11.8 Å². The highest BCUT2D eigenvalue weighted by Gasteiger charge is 2.06. The number of hydrogen-bond donors (Lipinski definition) is 2. The van der Waals surface area contributed by atoms with Gasteiger partial charge >= 0.3 is 0 Å². The van der Waals surface area contributed by atoms with Crippen molar-refractivity contribution in [2.24, 2.45) is 0 Å². The molecule has 2 N–H and O–H groups in total. The van der Waals surface area contributed by atoms with Crippen LogP contribution in [0.4, 0.5) is 5.82 Å². The summed E-state index contributed by atoms with van der Waals surface area (Å²) in [6.07, 6.45) is 2.04. The highest BCUT2D eigenvalue weighted by Crippen LogP contribution is 2.07. The van der Waals surface area contributed by atoms with E-state index < -0.39 is 0 Å². The quantitative estimate of drug-likeness (QED) is 0.774. The number of H-pyrrole nitrogens is 1. The Bertz CT molecular complexity index is 334. The fraction of sp³-hybridized carbons (Fsp3) is 0.636. The molecule has 0 aliphatic carbocycles. The number of carbonyl (C=O) groups excluding carboxylic acids is 1. The Morgan fingerprint density at radius 3 is 3.00 bits per heavy atom. The number of aromatic nitrogens is 2. The van der Waals surface area contributed by atoms with E-state index in [-0.39, 0.29) is 18.6 Å². The summed E-state index contributed by atoms with van der Waals surface area (Å²) < 4.78 is 5.18. The Balaban J connectivity index is 2.37. The molecule has 0 radical (unpaired) electrons. The minimum atomic E-state index is -0.178. The molecule has 0 aliphatic heterocycles.